The van der Waals surface area contributed by atoms with Crippen LogP contribution in [0.5, 0.6) is 17.2 Å². The lowest BCUT2D eigenvalue weighted by atomic mass is 10.2. The Balaban J connectivity index is 1.51. The molecule has 0 radical (unpaired) electrons. The van der Waals surface area contributed by atoms with Gasteiger partial charge in [0.15, 0.2) is 35.8 Å². The molecule has 1 aliphatic heterocycles. The maximum absolute atomic E-state index is 13.5. The van der Waals surface area contributed by atoms with Crippen LogP contribution in [-0.2, 0) is 4.79 Å². The highest BCUT2D eigenvalue weighted by molar-refractivity contribution is 5.77. The predicted molar refractivity (Wildman–Crippen MR) is 85.9 cm³/mol. The molecule has 1 unspecified atom stereocenters. The van der Waals surface area contributed by atoms with Crippen LogP contribution in [-0.4, -0.2) is 43.7 Å². The molecule has 0 N–H and O–H groups in total. The molecule has 3 rings (SSSR count). The minimum absolute atomic E-state index is 0.0606. The summed E-state index contributed by atoms with van der Waals surface area (Å²) in [6.45, 7) is 0.484. The van der Waals surface area contributed by atoms with E-state index >= 15 is 0 Å². The average Bonchev–Trinajstić information content (AvgIpc) is 2.60. The van der Waals surface area contributed by atoms with Gasteiger partial charge in [-0.25, -0.2) is 4.39 Å². The van der Waals surface area contributed by atoms with Crippen LogP contribution >= 0.6 is 0 Å². The molecule has 0 fully saturated rings. The zero-order valence-electron chi connectivity index (χ0n) is 13.3. The molecule has 1 atom stereocenters. The molecular formula is C18H18FNO4. The van der Waals surface area contributed by atoms with Gasteiger partial charge >= 0.3 is 0 Å². The van der Waals surface area contributed by atoms with E-state index in [9.17, 15) is 9.18 Å². The molecule has 0 saturated heterocycles. The van der Waals surface area contributed by atoms with E-state index in [2.05, 4.69) is 0 Å². The van der Waals surface area contributed by atoms with E-state index in [0.29, 0.717) is 24.7 Å². The third-order valence-corrected chi connectivity index (χ3v) is 3.66. The zero-order chi connectivity index (χ0) is 16.9. The van der Waals surface area contributed by atoms with Crippen LogP contribution in [0, 0.1) is 5.82 Å². The molecule has 126 valence electrons. The lowest BCUT2D eigenvalue weighted by Crippen LogP contribution is -2.43. The second kappa shape index (κ2) is 7.21. The number of carbonyl (C=O) groups is 1. The number of benzene rings is 2. The van der Waals surface area contributed by atoms with Gasteiger partial charge in [0, 0.05) is 7.05 Å². The molecular weight excluding hydrogens is 313 g/mol. The Kier molecular flexibility index (Phi) is 4.84. The van der Waals surface area contributed by atoms with Crippen LogP contribution in [0.1, 0.15) is 0 Å². The lowest BCUT2D eigenvalue weighted by molar-refractivity contribution is -0.133. The van der Waals surface area contributed by atoms with E-state index in [-0.39, 0.29) is 24.4 Å². The number of hydrogen-bond donors (Lipinski definition) is 0. The standard InChI is InChI=1S/C18H18FNO4/c1-20(18(21)12-23-15-7-3-2-6-14(15)19)10-13-11-22-16-8-4-5-9-17(16)24-13/h2-9,13H,10-12H2,1H3. The van der Waals surface area contributed by atoms with Crippen molar-refractivity contribution in [2.24, 2.45) is 0 Å². The third kappa shape index (κ3) is 3.76. The first-order chi connectivity index (χ1) is 11.6. The summed E-state index contributed by atoms with van der Waals surface area (Å²) in [5.41, 5.74) is 0. The second-order valence-electron chi connectivity index (χ2n) is 5.49. The quantitative estimate of drug-likeness (QED) is 0.845. The highest BCUT2D eigenvalue weighted by Gasteiger charge is 2.23. The Hall–Kier alpha value is -2.76. The number of para-hydroxylation sites is 3. The summed E-state index contributed by atoms with van der Waals surface area (Å²) in [5.74, 6) is 0.669. The Bertz CT molecular complexity index is 722. The van der Waals surface area contributed by atoms with Gasteiger partial charge in [0.05, 0.1) is 6.54 Å². The minimum Gasteiger partial charge on any atom is -0.486 e. The van der Waals surface area contributed by atoms with Crippen molar-refractivity contribution < 1.29 is 23.4 Å². The molecule has 0 saturated carbocycles. The molecule has 1 heterocycles. The Morgan fingerprint density at radius 1 is 1.21 bits per heavy atom. The molecule has 1 aliphatic rings. The summed E-state index contributed by atoms with van der Waals surface area (Å²) in [5, 5.41) is 0. The summed E-state index contributed by atoms with van der Waals surface area (Å²) < 4.78 is 30.1. The summed E-state index contributed by atoms with van der Waals surface area (Å²) in [7, 11) is 1.65. The van der Waals surface area contributed by atoms with E-state index in [1.807, 2.05) is 24.3 Å². The van der Waals surface area contributed by atoms with Crippen LogP contribution in [0.2, 0.25) is 0 Å². The lowest BCUT2D eigenvalue weighted by Gasteiger charge is -2.29. The van der Waals surface area contributed by atoms with Crippen LogP contribution in [0.4, 0.5) is 4.39 Å². The summed E-state index contributed by atoms with van der Waals surface area (Å²) >= 11 is 0. The maximum Gasteiger partial charge on any atom is 0.260 e. The fourth-order valence-corrected chi connectivity index (χ4v) is 2.37. The number of amides is 1. The van der Waals surface area contributed by atoms with E-state index < -0.39 is 5.82 Å². The van der Waals surface area contributed by atoms with Crippen molar-refractivity contribution in [3.63, 3.8) is 0 Å². The fraction of sp³-hybridized carbons (Fsp3) is 0.278. The predicted octanol–water partition coefficient (Wildman–Crippen LogP) is 2.50. The van der Waals surface area contributed by atoms with E-state index in [1.54, 1.807) is 19.2 Å². The Labute approximate surface area is 139 Å². The number of hydrogen-bond acceptors (Lipinski definition) is 4. The van der Waals surface area contributed by atoms with Crippen molar-refractivity contribution in [1.82, 2.24) is 4.90 Å². The molecule has 2 aromatic rings. The van der Waals surface area contributed by atoms with Crippen LogP contribution in [0.15, 0.2) is 48.5 Å². The van der Waals surface area contributed by atoms with Crippen molar-refractivity contribution in [2.45, 2.75) is 6.10 Å². The van der Waals surface area contributed by atoms with Crippen molar-refractivity contribution >= 4 is 5.91 Å². The summed E-state index contributed by atoms with van der Waals surface area (Å²) in [6.07, 6.45) is -0.262. The smallest absolute Gasteiger partial charge is 0.260 e. The van der Waals surface area contributed by atoms with Gasteiger partial charge in [-0.1, -0.05) is 24.3 Å². The molecule has 1 amide bonds. The number of ether oxygens (including phenoxy) is 3. The van der Waals surface area contributed by atoms with E-state index in [4.69, 9.17) is 14.2 Å². The first-order valence-electron chi connectivity index (χ1n) is 7.63. The van der Waals surface area contributed by atoms with Gasteiger partial charge in [-0.2, -0.15) is 0 Å². The van der Waals surface area contributed by atoms with Crippen molar-refractivity contribution in [1.29, 1.82) is 0 Å². The molecule has 0 bridgehead atoms. The Morgan fingerprint density at radius 3 is 2.71 bits per heavy atom. The van der Waals surface area contributed by atoms with Crippen molar-refractivity contribution in [3.05, 3.63) is 54.3 Å². The highest BCUT2D eigenvalue weighted by atomic mass is 19.1. The molecule has 0 aliphatic carbocycles. The number of nitrogens with zero attached hydrogens (tertiary/aromatic N) is 1. The van der Waals surface area contributed by atoms with Gasteiger partial charge in [0.2, 0.25) is 0 Å². The van der Waals surface area contributed by atoms with Gasteiger partial charge in [0.25, 0.3) is 5.91 Å². The van der Waals surface area contributed by atoms with Crippen LogP contribution in [0.25, 0.3) is 0 Å². The van der Waals surface area contributed by atoms with Crippen LogP contribution in [0.3, 0.4) is 0 Å². The average molecular weight is 331 g/mol. The van der Waals surface area contributed by atoms with Gasteiger partial charge in [-0.15, -0.1) is 0 Å². The SMILES string of the molecule is CN(CC1COc2ccccc2O1)C(=O)COc1ccccc1F. The molecule has 2 aromatic carbocycles. The molecule has 6 heteroatoms. The monoisotopic (exact) mass is 331 g/mol. The normalized spacial score (nSPS) is 15.7. The molecule has 24 heavy (non-hydrogen) atoms. The molecule has 5 nitrogen and oxygen atoms in total. The van der Waals surface area contributed by atoms with Gasteiger partial charge in [-0.05, 0) is 24.3 Å². The van der Waals surface area contributed by atoms with Gasteiger partial charge in [0.1, 0.15) is 6.61 Å². The minimum atomic E-state index is -0.492. The van der Waals surface area contributed by atoms with Crippen molar-refractivity contribution in [3.8, 4) is 17.2 Å². The highest BCUT2D eigenvalue weighted by Crippen LogP contribution is 2.30. The number of carbonyl (C=O) groups excluding carboxylic acids is 1. The molecule has 0 aromatic heterocycles. The second-order valence-corrected chi connectivity index (χ2v) is 5.49. The summed E-state index contributed by atoms with van der Waals surface area (Å²) in [6, 6.07) is 13.4. The fourth-order valence-electron chi connectivity index (χ4n) is 2.37. The number of likely N-dealkylation sites (N-methyl/N-ethyl adjacent to an activating group) is 1. The van der Waals surface area contributed by atoms with Crippen molar-refractivity contribution in [2.75, 3.05) is 26.8 Å². The molecule has 0 spiro atoms. The third-order valence-electron chi connectivity index (χ3n) is 3.66. The number of fused-ring (bicyclic) bond motifs is 1. The van der Waals surface area contributed by atoms with E-state index in [1.165, 1.54) is 17.0 Å². The topological polar surface area (TPSA) is 48.0 Å². The number of halogens is 1. The summed E-state index contributed by atoms with van der Waals surface area (Å²) in [4.78, 5) is 13.6. The first-order valence-corrected chi connectivity index (χ1v) is 7.63. The largest absolute Gasteiger partial charge is 0.486 e. The van der Waals surface area contributed by atoms with E-state index in [0.717, 1.165) is 0 Å². The Morgan fingerprint density at radius 2 is 1.92 bits per heavy atom. The first kappa shape index (κ1) is 16.1. The van der Waals surface area contributed by atoms with Crippen LogP contribution < -0.4 is 14.2 Å². The van der Waals surface area contributed by atoms with Gasteiger partial charge < -0.3 is 19.1 Å². The maximum atomic E-state index is 13.5. The number of rotatable bonds is 5. The van der Waals surface area contributed by atoms with Gasteiger partial charge in [-0.3, -0.25) is 4.79 Å². The zero-order valence-corrected chi connectivity index (χ0v) is 13.3.